The van der Waals surface area contributed by atoms with Crippen LogP contribution in [0, 0.1) is 5.82 Å². The molecule has 0 aliphatic rings. The molecule has 0 radical (unpaired) electrons. The van der Waals surface area contributed by atoms with E-state index in [1.54, 1.807) is 20.3 Å². The molecule has 17 heavy (non-hydrogen) atoms. The van der Waals surface area contributed by atoms with Gasteiger partial charge < -0.3 is 14.8 Å². The highest BCUT2D eigenvalue weighted by atomic mass is 19.1. The number of nitrogens with one attached hydrogen (secondary N) is 1. The first-order chi connectivity index (χ1) is 8.22. The molecular weight excluding hydrogens is 221 g/mol. The Bertz CT molecular complexity index is 329. The van der Waals surface area contributed by atoms with Gasteiger partial charge in [-0.05, 0) is 30.7 Å². The van der Waals surface area contributed by atoms with Gasteiger partial charge in [-0.1, -0.05) is 19.1 Å². The minimum absolute atomic E-state index is 0.166. The van der Waals surface area contributed by atoms with Crippen LogP contribution in [0.3, 0.4) is 0 Å². The van der Waals surface area contributed by atoms with Crippen LogP contribution < -0.4 is 5.32 Å². The highest BCUT2D eigenvalue weighted by Gasteiger charge is 2.22. The van der Waals surface area contributed by atoms with Gasteiger partial charge in [-0.2, -0.15) is 0 Å². The number of halogens is 1. The lowest BCUT2D eigenvalue weighted by molar-refractivity contribution is -0.124. The predicted octanol–water partition coefficient (Wildman–Crippen LogP) is 2.49. The molecule has 0 fully saturated rings. The van der Waals surface area contributed by atoms with E-state index < -0.39 is 6.29 Å². The number of ether oxygens (including phenoxy) is 2. The van der Waals surface area contributed by atoms with E-state index in [1.165, 1.54) is 12.1 Å². The fourth-order valence-corrected chi connectivity index (χ4v) is 1.74. The van der Waals surface area contributed by atoms with Crippen LogP contribution in [0.4, 0.5) is 4.39 Å². The van der Waals surface area contributed by atoms with E-state index in [0.29, 0.717) is 0 Å². The summed E-state index contributed by atoms with van der Waals surface area (Å²) in [4.78, 5) is 0. The third-order valence-electron chi connectivity index (χ3n) is 2.56. The SMILES string of the molecule is CCCNC(c1cccc(F)c1)C(OC)OC. The van der Waals surface area contributed by atoms with Crippen molar-refractivity contribution in [2.24, 2.45) is 0 Å². The van der Waals surface area contributed by atoms with Gasteiger partial charge in [0.15, 0.2) is 6.29 Å². The van der Waals surface area contributed by atoms with E-state index in [2.05, 4.69) is 12.2 Å². The van der Waals surface area contributed by atoms with Gasteiger partial charge in [-0.25, -0.2) is 4.39 Å². The second kappa shape index (κ2) is 7.37. The van der Waals surface area contributed by atoms with Crippen LogP contribution in [0.1, 0.15) is 24.9 Å². The van der Waals surface area contributed by atoms with Crippen LogP contribution in [-0.2, 0) is 9.47 Å². The van der Waals surface area contributed by atoms with Crippen LogP contribution >= 0.6 is 0 Å². The van der Waals surface area contributed by atoms with Gasteiger partial charge in [0.2, 0.25) is 0 Å². The average Bonchev–Trinajstić information content (AvgIpc) is 2.34. The summed E-state index contributed by atoms with van der Waals surface area (Å²) in [5.74, 6) is -0.253. The lowest BCUT2D eigenvalue weighted by Crippen LogP contribution is -2.35. The van der Waals surface area contributed by atoms with E-state index in [-0.39, 0.29) is 11.9 Å². The molecule has 96 valence electrons. The minimum atomic E-state index is -0.427. The van der Waals surface area contributed by atoms with Gasteiger partial charge in [-0.3, -0.25) is 0 Å². The smallest absolute Gasteiger partial charge is 0.176 e. The second-order valence-electron chi connectivity index (χ2n) is 3.83. The molecule has 1 rings (SSSR count). The first-order valence-electron chi connectivity index (χ1n) is 5.77. The molecule has 4 heteroatoms. The lowest BCUT2D eigenvalue weighted by atomic mass is 10.1. The summed E-state index contributed by atoms with van der Waals surface area (Å²) in [6.07, 6.45) is 0.565. The van der Waals surface area contributed by atoms with Crippen LogP contribution in [0.15, 0.2) is 24.3 Å². The first-order valence-corrected chi connectivity index (χ1v) is 5.77. The summed E-state index contributed by atoms with van der Waals surface area (Å²) in [6.45, 7) is 2.90. The van der Waals surface area contributed by atoms with Crippen molar-refractivity contribution in [3.05, 3.63) is 35.6 Å². The Labute approximate surface area is 102 Å². The molecular formula is C13H20FNO2. The van der Waals surface area contributed by atoms with Gasteiger partial charge in [0.25, 0.3) is 0 Å². The largest absolute Gasteiger partial charge is 0.354 e. The number of rotatable bonds is 7. The predicted molar refractivity (Wildman–Crippen MR) is 65.2 cm³/mol. The summed E-state index contributed by atoms with van der Waals surface area (Å²) in [5, 5.41) is 3.30. The van der Waals surface area contributed by atoms with Crippen LogP contribution in [-0.4, -0.2) is 27.1 Å². The molecule has 1 aromatic rings. The van der Waals surface area contributed by atoms with Crippen molar-refractivity contribution in [2.75, 3.05) is 20.8 Å². The van der Waals surface area contributed by atoms with Crippen molar-refractivity contribution in [2.45, 2.75) is 25.7 Å². The molecule has 0 aliphatic heterocycles. The maximum absolute atomic E-state index is 13.2. The fraction of sp³-hybridized carbons (Fsp3) is 0.538. The van der Waals surface area contributed by atoms with Gasteiger partial charge >= 0.3 is 0 Å². The monoisotopic (exact) mass is 241 g/mol. The standard InChI is InChI=1S/C13H20FNO2/c1-4-8-15-12(13(16-2)17-3)10-6-5-7-11(14)9-10/h5-7,9,12-13,15H,4,8H2,1-3H3. The number of hydrogen-bond donors (Lipinski definition) is 1. The van der Waals surface area contributed by atoms with E-state index in [4.69, 9.17) is 9.47 Å². The van der Waals surface area contributed by atoms with E-state index in [0.717, 1.165) is 18.5 Å². The van der Waals surface area contributed by atoms with E-state index in [1.807, 2.05) is 6.07 Å². The molecule has 0 heterocycles. The number of methoxy groups -OCH3 is 2. The summed E-state index contributed by atoms with van der Waals surface area (Å²) >= 11 is 0. The third-order valence-corrected chi connectivity index (χ3v) is 2.56. The topological polar surface area (TPSA) is 30.5 Å². The summed E-state index contributed by atoms with van der Waals surface area (Å²) in [6, 6.07) is 6.31. The Morgan fingerprint density at radius 2 is 2.00 bits per heavy atom. The van der Waals surface area contributed by atoms with Gasteiger partial charge in [0.05, 0.1) is 6.04 Å². The van der Waals surface area contributed by atoms with Crippen molar-refractivity contribution in [1.29, 1.82) is 0 Å². The Hall–Kier alpha value is -0.970. The minimum Gasteiger partial charge on any atom is -0.354 e. The van der Waals surface area contributed by atoms with Gasteiger partial charge in [0.1, 0.15) is 5.82 Å². The van der Waals surface area contributed by atoms with Gasteiger partial charge in [-0.15, -0.1) is 0 Å². The quantitative estimate of drug-likeness (QED) is 0.744. The van der Waals surface area contributed by atoms with Crippen molar-refractivity contribution >= 4 is 0 Å². The zero-order chi connectivity index (χ0) is 12.7. The third kappa shape index (κ3) is 4.07. The van der Waals surface area contributed by atoms with Gasteiger partial charge in [0, 0.05) is 14.2 Å². The molecule has 0 spiro atoms. The Balaban J connectivity index is 2.88. The number of hydrogen-bond acceptors (Lipinski definition) is 3. The molecule has 1 aromatic carbocycles. The molecule has 1 N–H and O–H groups in total. The molecule has 1 atom stereocenters. The summed E-state index contributed by atoms with van der Waals surface area (Å²) < 4.78 is 23.7. The van der Waals surface area contributed by atoms with Crippen LogP contribution in [0.5, 0.6) is 0 Å². The Kier molecular flexibility index (Phi) is 6.11. The zero-order valence-corrected chi connectivity index (χ0v) is 10.6. The van der Waals surface area contributed by atoms with Crippen LogP contribution in [0.2, 0.25) is 0 Å². The molecule has 0 amide bonds. The average molecular weight is 241 g/mol. The van der Waals surface area contributed by atoms with E-state index in [9.17, 15) is 4.39 Å². The zero-order valence-electron chi connectivity index (χ0n) is 10.6. The molecule has 1 unspecified atom stereocenters. The van der Waals surface area contributed by atoms with Crippen molar-refractivity contribution in [1.82, 2.24) is 5.32 Å². The Morgan fingerprint density at radius 3 is 2.53 bits per heavy atom. The summed E-state index contributed by atoms with van der Waals surface area (Å²) in [7, 11) is 3.15. The molecule has 0 aromatic heterocycles. The first kappa shape index (κ1) is 14.1. The summed E-state index contributed by atoms with van der Waals surface area (Å²) in [5.41, 5.74) is 0.826. The maximum atomic E-state index is 13.2. The van der Waals surface area contributed by atoms with E-state index >= 15 is 0 Å². The van der Waals surface area contributed by atoms with Crippen molar-refractivity contribution in [3.63, 3.8) is 0 Å². The lowest BCUT2D eigenvalue weighted by Gasteiger charge is -2.26. The van der Waals surface area contributed by atoms with Crippen molar-refractivity contribution < 1.29 is 13.9 Å². The molecule has 0 saturated carbocycles. The highest BCUT2D eigenvalue weighted by molar-refractivity contribution is 5.20. The molecule has 0 bridgehead atoms. The maximum Gasteiger partial charge on any atom is 0.176 e. The second-order valence-corrected chi connectivity index (χ2v) is 3.83. The number of benzene rings is 1. The fourth-order valence-electron chi connectivity index (χ4n) is 1.74. The molecule has 0 aliphatic carbocycles. The Morgan fingerprint density at radius 1 is 1.29 bits per heavy atom. The molecule has 0 saturated heterocycles. The normalized spacial score (nSPS) is 13.0. The van der Waals surface area contributed by atoms with Crippen molar-refractivity contribution in [3.8, 4) is 0 Å². The highest BCUT2D eigenvalue weighted by Crippen LogP contribution is 2.20. The van der Waals surface area contributed by atoms with Crippen LogP contribution in [0.25, 0.3) is 0 Å². The molecule has 3 nitrogen and oxygen atoms in total.